The van der Waals surface area contributed by atoms with E-state index < -0.39 is 0 Å². The van der Waals surface area contributed by atoms with Crippen molar-refractivity contribution in [1.29, 1.82) is 0 Å². The van der Waals surface area contributed by atoms with Crippen LogP contribution in [0.1, 0.15) is 30.9 Å². The Bertz CT molecular complexity index is 564. The average molecular weight is 304 g/mol. The van der Waals surface area contributed by atoms with Crippen molar-refractivity contribution in [3.8, 4) is 0 Å². The van der Waals surface area contributed by atoms with Gasteiger partial charge in [0.2, 0.25) is 0 Å². The van der Waals surface area contributed by atoms with E-state index in [1.54, 1.807) is 0 Å². The lowest BCUT2D eigenvalue weighted by molar-refractivity contribution is 0.248. The predicted octanol–water partition coefficient (Wildman–Crippen LogP) is 4.72. The maximum absolute atomic E-state index is 3.66. The molecule has 3 rings (SSSR count). The van der Waals surface area contributed by atoms with Gasteiger partial charge in [0.25, 0.3) is 0 Å². The number of benzene rings is 2. The molecule has 0 spiro atoms. The van der Waals surface area contributed by atoms with E-state index in [4.69, 9.17) is 0 Å². The van der Waals surface area contributed by atoms with Gasteiger partial charge in [0.1, 0.15) is 0 Å². The standard InChI is InChI=1S/C16H18BrN/c1-2-3-9-18-10-12-5-4-6-14-15(17)8-7-13(11-18)16(12)14/h4-8H,2-3,9-11H2,1H3. The Morgan fingerprint density at radius 3 is 2.67 bits per heavy atom. The molecule has 1 aliphatic heterocycles. The molecule has 1 heterocycles. The highest BCUT2D eigenvalue weighted by Gasteiger charge is 2.18. The van der Waals surface area contributed by atoms with Crippen molar-refractivity contribution in [2.24, 2.45) is 0 Å². The summed E-state index contributed by atoms with van der Waals surface area (Å²) in [5.41, 5.74) is 2.96. The van der Waals surface area contributed by atoms with E-state index in [0.29, 0.717) is 0 Å². The van der Waals surface area contributed by atoms with Crippen LogP contribution in [0.4, 0.5) is 0 Å². The monoisotopic (exact) mass is 303 g/mol. The van der Waals surface area contributed by atoms with Crippen molar-refractivity contribution in [2.45, 2.75) is 32.9 Å². The van der Waals surface area contributed by atoms with Gasteiger partial charge in [0, 0.05) is 17.6 Å². The van der Waals surface area contributed by atoms with E-state index in [2.05, 4.69) is 58.1 Å². The molecule has 0 atom stereocenters. The molecule has 0 amide bonds. The molecule has 0 aliphatic carbocycles. The highest BCUT2D eigenvalue weighted by atomic mass is 79.9. The lowest BCUT2D eigenvalue weighted by Crippen LogP contribution is -2.27. The summed E-state index contributed by atoms with van der Waals surface area (Å²) in [5.74, 6) is 0. The second-order valence-electron chi connectivity index (χ2n) is 5.11. The number of halogens is 1. The summed E-state index contributed by atoms with van der Waals surface area (Å²) in [5, 5.41) is 2.83. The van der Waals surface area contributed by atoms with E-state index >= 15 is 0 Å². The summed E-state index contributed by atoms with van der Waals surface area (Å²) >= 11 is 3.66. The van der Waals surface area contributed by atoms with Crippen LogP contribution < -0.4 is 0 Å². The third-order valence-electron chi connectivity index (χ3n) is 3.78. The van der Waals surface area contributed by atoms with Crippen LogP contribution in [0.15, 0.2) is 34.8 Å². The predicted molar refractivity (Wildman–Crippen MR) is 80.7 cm³/mol. The van der Waals surface area contributed by atoms with Gasteiger partial charge >= 0.3 is 0 Å². The summed E-state index contributed by atoms with van der Waals surface area (Å²) in [6.45, 7) is 5.67. The lowest BCUT2D eigenvalue weighted by Gasteiger charge is -2.29. The minimum atomic E-state index is 1.10. The minimum absolute atomic E-state index is 1.10. The molecule has 1 aliphatic rings. The largest absolute Gasteiger partial charge is 0.295 e. The van der Waals surface area contributed by atoms with Crippen LogP contribution in [0.2, 0.25) is 0 Å². The minimum Gasteiger partial charge on any atom is -0.295 e. The van der Waals surface area contributed by atoms with Crippen LogP contribution in [0, 0.1) is 0 Å². The summed E-state index contributed by atoms with van der Waals surface area (Å²) in [7, 11) is 0. The Kier molecular flexibility index (Phi) is 3.40. The molecule has 2 aromatic rings. The number of unbranched alkanes of at least 4 members (excludes halogenated alkanes) is 1. The fourth-order valence-corrected chi connectivity index (χ4v) is 3.33. The Labute approximate surface area is 117 Å². The third-order valence-corrected chi connectivity index (χ3v) is 4.47. The first-order chi connectivity index (χ1) is 8.79. The molecule has 0 saturated carbocycles. The quantitative estimate of drug-likeness (QED) is 0.793. The zero-order chi connectivity index (χ0) is 12.5. The van der Waals surface area contributed by atoms with Crippen molar-refractivity contribution >= 4 is 26.7 Å². The summed E-state index contributed by atoms with van der Waals surface area (Å²) in [6, 6.07) is 11.1. The van der Waals surface area contributed by atoms with Crippen LogP contribution in [0.5, 0.6) is 0 Å². The van der Waals surface area contributed by atoms with E-state index in [-0.39, 0.29) is 0 Å². The highest BCUT2D eigenvalue weighted by Crippen LogP contribution is 2.34. The Balaban J connectivity index is 2.03. The molecule has 0 saturated heterocycles. The Morgan fingerprint density at radius 2 is 1.89 bits per heavy atom. The van der Waals surface area contributed by atoms with Crippen LogP contribution in [0.25, 0.3) is 10.8 Å². The van der Waals surface area contributed by atoms with Crippen LogP contribution >= 0.6 is 15.9 Å². The van der Waals surface area contributed by atoms with Crippen molar-refractivity contribution in [3.05, 3.63) is 45.9 Å². The molecule has 94 valence electrons. The molecular weight excluding hydrogens is 286 g/mol. The van der Waals surface area contributed by atoms with Gasteiger partial charge in [-0.15, -0.1) is 0 Å². The first-order valence-electron chi connectivity index (χ1n) is 6.71. The fraction of sp³-hybridized carbons (Fsp3) is 0.375. The van der Waals surface area contributed by atoms with Gasteiger partial charge in [0.15, 0.2) is 0 Å². The molecular formula is C16H18BrN. The maximum Gasteiger partial charge on any atom is 0.0254 e. The Morgan fingerprint density at radius 1 is 1.11 bits per heavy atom. The Hall–Kier alpha value is -0.860. The van der Waals surface area contributed by atoms with E-state index in [0.717, 1.165) is 13.1 Å². The second kappa shape index (κ2) is 5.02. The molecule has 0 unspecified atom stereocenters. The molecule has 0 aromatic heterocycles. The number of hydrogen-bond acceptors (Lipinski definition) is 1. The topological polar surface area (TPSA) is 3.24 Å². The van der Waals surface area contributed by atoms with Gasteiger partial charge in [-0.05, 0) is 40.9 Å². The molecule has 0 fully saturated rings. The van der Waals surface area contributed by atoms with Gasteiger partial charge in [0.05, 0.1) is 0 Å². The zero-order valence-electron chi connectivity index (χ0n) is 10.7. The molecule has 0 N–H and O–H groups in total. The van der Waals surface area contributed by atoms with Crippen LogP contribution in [0.3, 0.4) is 0 Å². The summed E-state index contributed by atoms with van der Waals surface area (Å²) in [4.78, 5) is 2.56. The van der Waals surface area contributed by atoms with E-state index in [9.17, 15) is 0 Å². The summed E-state index contributed by atoms with van der Waals surface area (Å²) < 4.78 is 1.21. The molecule has 0 radical (unpaired) electrons. The number of rotatable bonds is 3. The average Bonchev–Trinajstić information content (AvgIpc) is 2.40. The van der Waals surface area contributed by atoms with Crippen LogP contribution in [-0.4, -0.2) is 11.4 Å². The smallest absolute Gasteiger partial charge is 0.0254 e. The molecule has 2 heteroatoms. The fourth-order valence-electron chi connectivity index (χ4n) is 2.87. The molecule has 18 heavy (non-hydrogen) atoms. The lowest BCUT2D eigenvalue weighted by atomic mass is 9.95. The number of hydrogen-bond donors (Lipinski definition) is 0. The van der Waals surface area contributed by atoms with Gasteiger partial charge in [-0.1, -0.05) is 53.5 Å². The van der Waals surface area contributed by atoms with E-state index in [1.807, 2.05) is 0 Å². The van der Waals surface area contributed by atoms with Gasteiger partial charge in [-0.3, -0.25) is 4.90 Å². The van der Waals surface area contributed by atoms with Crippen molar-refractivity contribution in [1.82, 2.24) is 4.90 Å². The van der Waals surface area contributed by atoms with Crippen LogP contribution in [-0.2, 0) is 13.1 Å². The normalized spacial score (nSPS) is 15.2. The zero-order valence-corrected chi connectivity index (χ0v) is 12.3. The third kappa shape index (κ3) is 2.08. The first-order valence-corrected chi connectivity index (χ1v) is 7.50. The molecule has 0 bridgehead atoms. The summed E-state index contributed by atoms with van der Waals surface area (Å²) in [6.07, 6.45) is 2.57. The maximum atomic E-state index is 3.66. The highest BCUT2D eigenvalue weighted by molar-refractivity contribution is 9.10. The van der Waals surface area contributed by atoms with Crippen molar-refractivity contribution in [2.75, 3.05) is 6.54 Å². The van der Waals surface area contributed by atoms with Crippen molar-refractivity contribution in [3.63, 3.8) is 0 Å². The van der Waals surface area contributed by atoms with E-state index in [1.165, 1.54) is 45.8 Å². The van der Waals surface area contributed by atoms with Gasteiger partial charge < -0.3 is 0 Å². The SMILES string of the molecule is CCCCN1Cc2cccc3c(Br)ccc(c23)C1. The van der Waals surface area contributed by atoms with Gasteiger partial charge in [-0.25, -0.2) is 0 Å². The second-order valence-corrected chi connectivity index (χ2v) is 5.96. The molecule has 2 aromatic carbocycles. The first kappa shape index (κ1) is 12.2. The number of nitrogens with zero attached hydrogens (tertiary/aromatic N) is 1. The van der Waals surface area contributed by atoms with Crippen molar-refractivity contribution < 1.29 is 0 Å². The van der Waals surface area contributed by atoms with Gasteiger partial charge in [-0.2, -0.15) is 0 Å². The molecule has 1 nitrogen and oxygen atoms in total.